The van der Waals surface area contributed by atoms with Crippen LogP contribution in [0.15, 0.2) is 42.5 Å². The second kappa shape index (κ2) is 4.75. The SMILES string of the molecule is O=C1Nc2ccccc2C1=Cc1ccc([N+](=O)[O-])cc1O. The van der Waals surface area contributed by atoms with Crippen molar-refractivity contribution in [3.05, 3.63) is 63.7 Å². The predicted molar refractivity (Wildman–Crippen MR) is 77.7 cm³/mol. The van der Waals surface area contributed by atoms with Crippen LogP contribution in [-0.2, 0) is 4.79 Å². The molecule has 21 heavy (non-hydrogen) atoms. The number of para-hydroxylation sites is 1. The summed E-state index contributed by atoms with van der Waals surface area (Å²) >= 11 is 0. The zero-order valence-electron chi connectivity index (χ0n) is 10.7. The van der Waals surface area contributed by atoms with Gasteiger partial charge in [-0.15, -0.1) is 0 Å². The first kappa shape index (κ1) is 12.9. The zero-order valence-corrected chi connectivity index (χ0v) is 10.7. The van der Waals surface area contributed by atoms with Gasteiger partial charge < -0.3 is 10.4 Å². The fraction of sp³-hybridized carbons (Fsp3) is 0. The molecule has 0 saturated heterocycles. The third-order valence-electron chi connectivity index (χ3n) is 3.23. The van der Waals surface area contributed by atoms with Gasteiger partial charge in [0.15, 0.2) is 0 Å². The van der Waals surface area contributed by atoms with Crippen molar-refractivity contribution in [3.8, 4) is 5.75 Å². The average Bonchev–Trinajstić information content (AvgIpc) is 2.77. The molecule has 0 radical (unpaired) electrons. The molecule has 1 amide bonds. The van der Waals surface area contributed by atoms with E-state index in [-0.39, 0.29) is 17.3 Å². The topological polar surface area (TPSA) is 92.5 Å². The van der Waals surface area contributed by atoms with E-state index in [4.69, 9.17) is 0 Å². The van der Waals surface area contributed by atoms with Crippen LogP contribution in [0.25, 0.3) is 11.6 Å². The van der Waals surface area contributed by atoms with Gasteiger partial charge in [-0.25, -0.2) is 0 Å². The molecule has 0 atom stereocenters. The molecular formula is C15H10N2O4. The second-order valence-corrected chi connectivity index (χ2v) is 4.56. The molecule has 2 aromatic carbocycles. The first-order chi connectivity index (χ1) is 10.1. The fourth-order valence-corrected chi connectivity index (χ4v) is 2.21. The summed E-state index contributed by atoms with van der Waals surface area (Å²) in [7, 11) is 0. The smallest absolute Gasteiger partial charge is 0.273 e. The van der Waals surface area contributed by atoms with Crippen molar-refractivity contribution in [1.29, 1.82) is 0 Å². The van der Waals surface area contributed by atoms with Crippen molar-refractivity contribution >= 4 is 28.9 Å². The summed E-state index contributed by atoms with van der Waals surface area (Å²) in [6, 6.07) is 10.9. The van der Waals surface area contributed by atoms with E-state index in [1.54, 1.807) is 12.1 Å². The van der Waals surface area contributed by atoms with Gasteiger partial charge in [-0.2, -0.15) is 0 Å². The molecule has 0 unspecified atom stereocenters. The normalized spacial score (nSPS) is 14.9. The first-order valence-electron chi connectivity index (χ1n) is 6.16. The van der Waals surface area contributed by atoms with Crippen LogP contribution >= 0.6 is 0 Å². The Morgan fingerprint density at radius 3 is 2.67 bits per heavy atom. The summed E-state index contributed by atoms with van der Waals surface area (Å²) in [5, 5.41) is 23.2. The van der Waals surface area contributed by atoms with Crippen LogP contribution in [0, 0.1) is 10.1 Å². The molecule has 2 aromatic rings. The average molecular weight is 282 g/mol. The Morgan fingerprint density at radius 2 is 1.95 bits per heavy atom. The lowest BCUT2D eigenvalue weighted by atomic mass is 10.0. The molecule has 6 heteroatoms. The van der Waals surface area contributed by atoms with Crippen LogP contribution in [0.3, 0.4) is 0 Å². The van der Waals surface area contributed by atoms with Gasteiger partial charge in [-0.3, -0.25) is 14.9 Å². The van der Waals surface area contributed by atoms with Crippen molar-refractivity contribution < 1.29 is 14.8 Å². The van der Waals surface area contributed by atoms with Crippen molar-refractivity contribution in [2.24, 2.45) is 0 Å². The standard InChI is InChI=1S/C15H10N2O4/c18-14-8-10(17(20)21)6-5-9(14)7-12-11-3-1-2-4-13(11)16-15(12)19/h1-8,18H,(H,16,19). The molecule has 2 N–H and O–H groups in total. The molecule has 0 aliphatic carbocycles. The number of non-ortho nitro benzene ring substituents is 1. The van der Waals surface area contributed by atoms with E-state index in [1.165, 1.54) is 18.2 Å². The number of hydrogen-bond donors (Lipinski definition) is 2. The number of rotatable bonds is 2. The first-order valence-corrected chi connectivity index (χ1v) is 6.16. The van der Waals surface area contributed by atoms with Crippen molar-refractivity contribution in [3.63, 3.8) is 0 Å². The number of nitro benzene ring substituents is 1. The number of phenolic OH excluding ortho intramolecular Hbond substituents is 1. The van der Waals surface area contributed by atoms with Crippen LogP contribution in [0.5, 0.6) is 5.75 Å². The Labute approximate surface area is 119 Å². The maximum absolute atomic E-state index is 12.0. The number of benzene rings is 2. The van der Waals surface area contributed by atoms with Crippen LogP contribution in [0.2, 0.25) is 0 Å². The Bertz CT molecular complexity index is 796. The minimum atomic E-state index is -0.589. The number of nitrogens with one attached hydrogen (secondary N) is 1. The monoisotopic (exact) mass is 282 g/mol. The molecule has 0 bridgehead atoms. The highest BCUT2D eigenvalue weighted by molar-refractivity contribution is 6.35. The van der Waals surface area contributed by atoms with Gasteiger partial charge in [0.25, 0.3) is 11.6 Å². The number of phenols is 1. The summed E-state index contributed by atoms with van der Waals surface area (Å²) in [6.07, 6.45) is 1.51. The van der Waals surface area contributed by atoms with Crippen LogP contribution in [-0.4, -0.2) is 15.9 Å². The highest BCUT2D eigenvalue weighted by Crippen LogP contribution is 2.34. The van der Waals surface area contributed by atoms with E-state index in [9.17, 15) is 20.0 Å². The largest absolute Gasteiger partial charge is 0.507 e. The van der Waals surface area contributed by atoms with Crippen LogP contribution in [0.4, 0.5) is 11.4 Å². The van der Waals surface area contributed by atoms with E-state index < -0.39 is 4.92 Å². The molecule has 0 aromatic heterocycles. The highest BCUT2D eigenvalue weighted by Gasteiger charge is 2.23. The number of carbonyl (C=O) groups excluding carboxylic acids is 1. The lowest BCUT2D eigenvalue weighted by molar-refractivity contribution is -0.384. The number of hydrogen-bond acceptors (Lipinski definition) is 4. The quantitative estimate of drug-likeness (QED) is 0.503. The summed E-state index contributed by atoms with van der Waals surface area (Å²) in [4.78, 5) is 22.0. The van der Waals surface area contributed by atoms with Crippen molar-refractivity contribution in [1.82, 2.24) is 0 Å². The second-order valence-electron chi connectivity index (χ2n) is 4.56. The van der Waals surface area contributed by atoms with E-state index in [1.807, 2.05) is 12.1 Å². The Hall–Kier alpha value is -3.15. The van der Waals surface area contributed by atoms with Gasteiger partial charge in [-0.1, -0.05) is 18.2 Å². The van der Waals surface area contributed by atoms with Crippen LogP contribution in [0.1, 0.15) is 11.1 Å². The summed E-state index contributed by atoms with van der Waals surface area (Å²) < 4.78 is 0. The maximum atomic E-state index is 12.0. The molecular weight excluding hydrogens is 272 g/mol. The molecule has 1 aliphatic heterocycles. The summed E-state index contributed by atoms with van der Waals surface area (Å²) in [6.45, 7) is 0. The third kappa shape index (κ3) is 2.23. The van der Waals surface area contributed by atoms with Gasteiger partial charge >= 0.3 is 0 Å². The van der Waals surface area contributed by atoms with E-state index in [0.717, 1.165) is 11.6 Å². The van der Waals surface area contributed by atoms with E-state index >= 15 is 0 Å². The fourth-order valence-electron chi connectivity index (χ4n) is 2.21. The molecule has 1 aliphatic rings. The number of amides is 1. The van der Waals surface area contributed by atoms with E-state index in [2.05, 4.69) is 5.32 Å². The molecule has 104 valence electrons. The van der Waals surface area contributed by atoms with Crippen molar-refractivity contribution in [2.75, 3.05) is 5.32 Å². The lowest BCUT2D eigenvalue weighted by Crippen LogP contribution is -2.03. The van der Waals surface area contributed by atoms with Crippen LogP contribution < -0.4 is 5.32 Å². The summed E-state index contributed by atoms with van der Waals surface area (Å²) in [5.74, 6) is -0.511. The van der Waals surface area contributed by atoms with Gasteiger partial charge in [0.1, 0.15) is 5.75 Å². The molecule has 0 fully saturated rings. The lowest BCUT2D eigenvalue weighted by Gasteiger charge is -2.01. The number of anilines is 1. The van der Waals surface area contributed by atoms with E-state index in [0.29, 0.717) is 16.8 Å². The molecule has 6 nitrogen and oxygen atoms in total. The van der Waals surface area contributed by atoms with Gasteiger partial charge in [-0.05, 0) is 18.2 Å². The molecule has 1 heterocycles. The third-order valence-corrected chi connectivity index (χ3v) is 3.23. The minimum Gasteiger partial charge on any atom is -0.507 e. The minimum absolute atomic E-state index is 0.203. The van der Waals surface area contributed by atoms with Gasteiger partial charge in [0.2, 0.25) is 0 Å². The molecule has 0 saturated carbocycles. The number of carbonyl (C=O) groups is 1. The maximum Gasteiger partial charge on any atom is 0.273 e. The predicted octanol–water partition coefficient (Wildman–Crippen LogP) is 2.79. The zero-order chi connectivity index (χ0) is 15.0. The van der Waals surface area contributed by atoms with Gasteiger partial charge in [0.05, 0.1) is 11.0 Å². The number of nitro groups is 1. The molecule has 3 rings (SSSR count). The summed E-state index contributed by atoms with van der Waals surface area (Å²) in [5.41, 5.74) is 2.00. The van der Waals surface area contributed by atoms with Crippen molar-refractivity contribution in [2.45, 2.75) is 0 Å². The number of aromatic hydroxyl groups is 1. The Morgan fingerprint density at radius 1 is 1.19 bits per heavy atom. The number of fused-ring (bicyclic) bond motifs is 1. The Kier molecular flexibility index (Phi) is 2.91. The molecule has 0 spiro atoms. The Balaban J connectivity index is 2.07. The number of nitrogens with zero attached hydrogens (tertiary/aromatic N) is 1. The highest BCUT2D eigenvalue weighted by atomic mass is 16.6. The van der Waals surface area contributed by atoms with Gasteiger partial charge in [0, 0.05) is 28.5 Å².